The Hall–Kier alpha value is -6.80. The van der Waals surface area contributed by atoms with Crippen LogP contribution >= 0.6 is 0 Å². The number of fused-ring (bicyclic) bond motifs is 6. The van der Waals surface area contributed by atoms with Crippen LogP contribution in [0.25, 0.3) is 33.4 Å². The molecule has 0 heterocycles. The Labute approximate surface area is 404 Å². The van der Waals surface area contributed by atoms with Crippen molar-refractivity contribution in [1.82, 2.24) is 0 Å². The highest BCUT2D eigenvalue weighted by molar-refractivity contribution is 6.75. The van der Waals surface area contributed by atoms with E-state index in [1.807, 2.05) is 19.9 Å². The third-order valence-electron chi connectivity index (χ3n) is 14.0. The van der Waals surface area contributed by atoms with Crippen LogP contribution in [0.4, 0.5) is 34.1 Å². The minimum Gasteiger partial charge on any atom is -0.370 e. The molecule has 0 saturated heterocycles. The molecular formula is C62H60N2O3Si. The number of hydrogen-bond acceptors (Lipinski definition) is 5. The number of benzene rings is 8. The summed E-state index contributed by atoms with van der Waals surface area (Å²) in [5.41, 5.74) is 19.3. The van der Waals surface area contributed by atoms with E-state index < -0.39 is 8.80 Å². The van der Waals surface area contributed by atoms with E-state index in [9.17, 15) is 0 Å². The maximum atomic E-state index is 6.47. The molecule has 0 N–H and O–H groups in total. The normalized spacial score (nSPS) is 13.9. The molecule has 340 valence electrons. The third-order valence-corrected chi connectivity index (χ3v) is 17.0. The van der Waals surface area contributed by atoms with E-state index in [4.69, 9.17) is 13.3 Å². The Morgan fingerprint density at radius 2 is 0.853 bits per heavy atom. The average Bonchev–Trinajstić information content (AvgIpc) is 3.74. The fraction of sp³-hybridized carbons (Fsp3) is 0.194. The SMILES string of the molecule is C=CCCO[Si](OCC)(OCC)c1ccc(N(c2ccc(-c3ccc(N(c4ccccc4)c4ccc5c(c4)-c4ccccc4C5(C)C)cc3)cc2)c2ccc3c(c2)C(C)(C)c2ccccc2-3)cc1. The van der Waals surface area contributed by atoms with E-state index in [2.05, 4.69) is 232 Å². The highest BCUT2D eigenvalue weighted by atomic mass is 28.4. The first-order chi connectivity index (χ1) is 33.1. The molecule has 0 spiro atoms. The highest BCUT2D eigenvalue weighted by Crippen LogP contribution is 2.52. The molecule has 0 aliphatic heterocycles. The Morgan fingerprint density at radius 1 is 0.426 bits per heavy atom. The van der Waals surface area contributed by atoms with Crippen molar-refractivity contribution in [2.45, 2.75) is 58.8 Å². The smallest absolute Gasteiger partial charge is 0.370 e. The number of para-hydroxylation sites is 1. The van der Waals surface area contributed by atoms with Gasteiger partial charge in [-0.15, -0.1) is 6.58 Å². The topological polar surface area (TPSA) is 34.2 Å². The van der Waals surface area contributed by atoms with Crippen LogP contribution in [0.1, 0.15) is 70.2 Å². The minimum absolute atomic E-state index is 0.0478. The molecule has 0 saturated carbocycles. The zero-order valence-electron chi connectivity index (χ0n) is 40.1. The zero-order chi connectivity index (χ0) is 47.0. The first kappa shape index (κ1) is 45.0. The quantitative estimate of drug-likeness (QED) is 0.0548. The molecule has 0 unspecified atom stereocenters. The Kier molecular flexibility index (Phi) is 12.1. The molecule has 0 fully saturated rings. The number of hydrogen-bond donors (Lipinski definition) is 0. The molecule has 8 aromatic carbocycles. The van der Waals surface area contributed by atoms with Gasteiger partial charge >= 0.3 is 8.80 Å². The highest BCUT2D eigenvalue weighted by Gasteiger charge is 2.44. The van der Waals surface area contributed by atoms with Crippen LogP contribution in [0.15, 0.2) is 201 Å². The Morgan fingerprint density at radius 3 is 1.41 bits per heavy atom. The van der Waals surface area contributed by atoms with Gasteiger partial charge in [0.05, 0.1) is 0 Å². The van der Waals surface area contributed by atoms with Gasteiger partial charge in [0.25, 0.3) is 0 Å². The molecular weight excluding hydrogens is 849 g/mol. The summed E-state index contributed by atoms with van der Waals surface area (Å²) in [6.45, 7) is 18.7. The van der Waals surface area contributed by atoms with Crippen molar-refractivity contribution in [3.63, 3.8) is 0 Å². The van der Waals surface area contributed by atoms with Crippen molar-refractivity contribution < 1.29 is 13.3 Å². The van der Waals surface area contributed by atoms with Gasteiger partial charge in [-0.25, -0.2) is 0 Å². The summed E-state index contributed by atoms with van der Waals surface area (Å²) in [6.07, 6.45) is 2.58. The molecule has 68 heavy (non-hydrogen) atoms. The fourth-order valence-corrected chi connectivity index (χ4v) is 13.1. The number of anilines is 6. The van der Waals surface area contributed by atoms with Gasteiger partial charge in [0, 0.05) is 70.0 Å². The van der Waals surface area contributed by atoms with E-state index in [1.165, 1.54) is 44.5 Å². The van der Waals surface area contributed by atoms with Crippen molar-refractivity contribution in [3.05, 3.63) is 223 Å². The molecule has 5 nitrogen and oxygen atoms in total. The summed E-state index contributed by atoms with van der Waals surface area (Å²) >= 11 is 0. The lowest BCUT2D eigenvalue weighted by Crippen LogP contribution is -2.57. The van der Waals surface area contributed by atoms with Crippen LogP contribution in [0.2, 0.25) is 0 Å². The Bertz CT molecular complexity index is 3080. The van der Waals surface area contributed by atoms with Gasteiger partial charge in [-0.1, -0.05) is 149 Å². The van der Waals surface area contributed by atoms with Crippen molar-refractivity contribution in [2.75, 3.05) is 29.6 Å². The van der Waals surface area contributed by atoms with Gasteiger partial charge in [-0.05, 0) is 149 Å². The van der Waals surface area contributed by atoms with E-state index in [-0.39, 0.29) is 10.8 Å². The maximum absolute atomic E-state index is 6.47. The predicted molar refractivity (Wildman–Crippen MR) is 286 cm³/mol. The summed E-state index contributed by atoms with van der Waals surface area (Å²) in [5.74, 6) is 0. The first-order valence-corrected chi connectivity index (χ1v) is 25.8. The van der Waals surface area contributed by atoms with Crippen LogP contribution < -0.4 is 15.0 Å². The van der Waals surface area contributed by atoms with Crippen molar-refractivity contribution in [3.8, 4) is 33.4 Å². The lowest BCUT2D eigenvalue weighted by atomic mass is 9.82. The molecule has 0 aromatic heterocycles. The third kappa shape index (κ3) is 7.91. The zero-order valence-corrected chi connectivity index (χ0v) is 41.1. The maximum Gasteiger partial charge on any atom is 0.537 e. The van der Waals surface area contributed by atoms with Gasteiger partial charge in [0.2, 0.25) is 0 Å². The monoisotopic (exact) mass is 908 g/mol. The van der Waals surface area contributed by atoms with Gasteiger partial charge in [0.15, 0.2) is 0 Å². The summed E-state index contributed by atoms with van der Waals surface area (Å²) < 4.78 is 19.2. The molecule has 2 aliphatic carbocycles. The first-order valence-electron chi connectivity index (χ1n) is 24.1. The molecule has 0 radical (unpaired) electrons. The Balaban J connectivity index is 1.00. The molecule has 6 heteroatoms. The second-order valence-corrected chi connectivity index (χ2v) is 21.4. The van der Waals surface area contributed by atoms with Crippen LogP contribution in [-0.2, 0) is 24.1 Å². The molecule has 8 aromatic rings. The van der Waals surface area contributed by atoms with E-state index in [0.29, 0.717) is 19.8 Å². The second-order valence-electron chi connectivity index (χ2n) is 18.8. The summed E-state index contributed by atoms with van der Waals surface area (Å²) in [4.78, 5) is 4.72. The molecule has 0 amide bonds. The van der Waals surface area contributed by atoms with Crippen LogP contribution in [0.3, 0.4) is 0 Å². The second kappa shape index (κ2) is 18.4. The van der Waals surface area contributed by atoms with E-state index >= 15 is 0 Å². The van der Waals surface area contributed by atoms with Crippen LogP contribution in [0, 0.1) is 0 Å². The van der Waals surface area contributed by atoms with Gasteiger partial charge in [-0.2, -0.15) is 0 Å². The lowest BCUT2D eigenvalue weighted by Gasteiger charge is -2.31. The average molecular weight is 909 g/mol. The standard InChI is InChI=1S/C62H60N2O3Si/c1-8-11-41-67-68(65-9-2,66-10-3)52-37-33-49(34-38-52)64(51-35-39-55-53-21-15-17-23-57(53)62(6,7)60(55)43-51)48-31-27-45(28-32-48)44-25-29-47(30-26-44)63(46-19-13-12-14-20-46)50-36-40-59-56(42-50)54-22-16-18-24-58(54)61(59,4)5/h8,12-40,42-43H,1,9-11,41H2,2-7H3. The van der Waals surface area contributed by atoms with Crippen molar-refractivity contribution in [1.29, 1.82) is 0 Å². The molecule has 0 atom stereocenters. The number of rotatable bonds is 16. The van der Waals surface area contributed by atoms with Crippen molar-refractivity contribution in [2.24, 2.45) is 0 Å². The van der Waals surface area contributed by atoms with Gasteiger partial charge < -0.3 is 23.1 Å². The largest absolute Gasteiger partial charge is 0.537 e. The van der Waals surface area contributed by atoms with E-state index in [1.54, 1.807) is 0 Å². The van der Waals surface area contributed by atoms with Crippen molar-refractivity contribution >= 4 is 48.1 Å². The number of nitrogens with zero attached hydrogens (tertiary/aromatic N) is 2. The fourth-order valence-electron chi connectivity index (χ4n) is 10.6. The summed E-state index contributed by atoms with van der Waals surface area (Å²) in [6, 6.07) is 68.8. The molecule has 0 bridgehead atoms. The van der Waals surface area contributed by atoms with Crippen LogP contribution in [-0.4, -0.2) is 28.6 Å². The van der Waals surface area contributed by atoms with Gasteiger partial charge in [0.1, 0.15) is 0 Å². The summed E-state index contributed by atoms with van der Waals surface area (Å²) in [5, 5.41) is 0.939. The molecule has 2 aliphatic rings. The summed E-state index contributed by atoms with van der Waals surface area (Å²) in [7, 11) is -3.18. The minimum atomic E-state index is -3.18. The lowest BCUT2D eigenvalue weighted by molar-refractivity contribution is 0.0829. The van der Waals surface area contributed by atoms with E-state index in [0.717, 1.165) is 56.9 Å². The van der Waals surface area contributed by atoms with Gasteiger partial charge in [-0.3, -0.25) is 0 Å². The van der Waals surface area contributed by atoms with Crippen LogP contribution in [0.5, 0.6) is 0 Å². The predicted octanol–water partition coefficient (Wildman–Crippen LogP) is 15.7. The molecule has 10 rings (SSSR count).